The molecule has 0 aromatic heterocycles. The second kappa shape index (κ2) is 10.3. The van der Waals surface area contributed by atoms with Crippen molar-refractivity contribution in [2.45, 2.75) is 58.0 Å². The summed E-state index contributed by atoms with van der Waals surface area (Å²) < 4.78 is 10.1. The average molecular weight is 332 g/mol. The van der Waals surface area contributed by atoms with Crippen molar-refractivity contribution < 1.29 is 19.1 Å². The van der Waals surface area contributed by atoms with Gasteiger partial charge >= 0.3 is 12.2 Å². The first-order valence-electron chi connectivity index (χ1n) is 7.92. The van der Waals surface area contributed by atoms with Gasteiger partial charge in [0.2, 0.25) is 0 Å². The number of nitrogens with two attached hydrogens (primary N) is 2. The highest BCUT2D eigenvalue weighted by molar-refractivity contribution is 5.69. The number of carbonyl (C=O) groups is 2. The van der Waals surface area contributed by atoms with Crippen LogP contribution < -0.4 is 22.1 Å². The van der Waals surface area contributed by atoms with Crippen molar-refractivity contribution in [3.63, 3.8) is 0 Å². The van der Waals surface area contributed by atoms with Crippen LogP contribution in [0.15, 0.2) is 0 Å². The predicted molar refractivity (Wildman–Crippen MR) is 89.1 cm³/mol. The molecule has 0 radical (unpaired) electrons. The molecule has 0 aliphatic rings. The molecule has 0 aliphatic carbocycles. The van der Waals surface area contributed by atoms with Gasteiger partial charge in [0, 0.05) is 11.1 Å². The molecule has 0 spiro atoms. The standard InChI is InChI=1S/C15H32N4O4/c1-14(2,18-12(20)22-9-5-7-16)11-15(3,4)19-13(21)23-10-6-8-17/h5-11,16-17H2,1-4H3,(H,18,20)(H,19,21). The molecule has 0 aliphatic heterocycles. The van der Waals surface area contributed by atoms with Crippen LogP contribution in [0, 0.1) is 0 Å². The van der Waals surface area contributed by atoms with Gasteiger partial charge in [-0.25, -0.2) is 9.59 Å². The number of hydrogen-bond acceptors (Lipinski definition) is 6. The molecule has 0 bridgehead atoms. The normalized spacial score (nSPS) is 11.7. The van der Waals surface area contributed by atoms with E-state index in [0.29, 0.717) is 32.4 Å². The molecule has 0 unspecified atom stereocenters. The van der Waals surface area contributed by atoms with Crippen molar-refractivity contribution >= 4 is 12.2 Å². The van der Waals surface area contributed by atoms with E-state index in [2.05, 4.69) is 10.6 Å². The van der Waals surface area contributed by atoms with Crippen LogP contribution in [-0.4, -0.2) is 49.6 Å². The molecule has 0 aromatic rings. The number of rotatable bonds is 10. The topological polar surface area (TPSA) is 129 Å². The third-order valence-corrected chi connectivity index (χ3v) is 2.93. The number of ether oxygens (including phenoxy) is 2. The first kappa shape index (κ1) is 21.5. The fraction of sp³-hybridized carbons (Fsp3) is 0.867. The molecule has 136 valence electrons. The molecular formula is C15H32N4O4. The second-order valence-corrected chi connectivity index (χ2v) is 6.75. The van der Waals surface area contributed by atoms with Crippen LogP contribution >= 0.6 is 0 Å². The van der Waals surface area contributed by atoms with Gasteiger partial charge in [-0.2, -0.15) is 0 Å². The highest BCUT2D eigenvalue weighted by Gasteiger charge is 2.32. The van der Waals surface area contributed by atoms with Gasteiger partial charge in [0.1, 0.15) is 0 Å². The fourth-order valence-corrected chi connectivity index (χ4v) is 2.31. The number of amides is 2. The van der Waals surface area contributed by atoms with E-state index in [1.807, 2.05) is 27.7 Å². The van der Waals surface area contributed by atoms with E-state index in [-0.39, 0.29) is 13.2 Å². The molecule has 6 N–H and O–H groups in total. The fourth-order valence-electron chi connectivity index (χ4n) is 2.31. The van der Waals surface area contributed by atoms with E-state index in [0.717, 1.165) is 0 Å². The number of nitrogens with one attached hydrogen (secondary N) is 2. The molecule has 8 nitrogen and oxygen atoms in total. The van der Waals surface area contributed by atoms with Gasteiger partial charge in [0.25, 0.3) is 0 Å². The number of carbonyl (C=O) groups excluding carboxylic acids is 2. The Labute approximate surface area is 138 Å². The summed E-state index contributed by atoms with van der Waals surface area (Å²) in [4.78, 5) is 23.4. The Kier molecular flexibility index (Phi) is 9.59. The molecule has 8 heteroatoms. The molecule has 0 saturated carbocycles. The molecular weight excluding hydrogens is 300 g/mol. The highest BCUT2D eigenvalue weighted by atomic mass is 16.6. The monoisotopic (exact) mass is 332 g/mol. The second-order valence-electron chi connectivity index (χ2n) is 6.75. The maximum absolute atomic E-state index is 11.7. The Bertz CT molecular complexity index is 338. The van der Waals surface area contributed by atoms with Crippen molar-refractivity contribution in [3.05, 3.63) is 0 Å². The van der Waals surface area contributed by atoms with E-state index in [1.165, 1.54) is 0 Å². The predicted octanol–water partition coefficient (Wildman–Crippen LogP) is 1.08. The van der Waals surface area contributed by atoms with Gasteiger partial charge in [-0.15, -0.1) is 0 Å². The van der Waals surface area contributed by atoms with Gasteiger partial charge in [-0.05, 0) is 60.0 Å². The first-order chi connectivity index (χ1) is 10.6. The van der Waals surface area contributed by atoms with Gasteiger partial charge in [-0.1, -0.05) is 0 Å². The zero-order valence-electron chi connectivity index (χ0n) is 14.7. The maximum Gasteiger partial charge on any atom is 0.407 e. The van der Waals surface area contributed by atoms with E-state index < -0.39 is 23.3 Å². The quantitative estimate of drug-likeness (QED) is 0.443. The average Bonchev–Trinajstić information content (AvgIpc) is 2.36. The third-order valence-electron chi connectivity index (χ3n) is 2.93. The summed E-state index contributed by atoms with van der Waals surface area (Å²) in [7, 11) is 0. The Balaban J connectivity index is 4.32. The third kappa shape index (κ3) is 11.7. The molecule has 0 rings (SSSR count). The highest BCUT2D eigenvalue weighted by Crippen LogP contribution is 2.20. The largest absolute Gasteiger partial charge is 0.450 e. The van der Waals surface area contributed by atoms with Crippen LogP contribution in [0.1, 0.15) is 47.0 Å². The Morgan fingerprint density at radius 3 is 1.48 bits per heavy atom. The summed E-state index contributed by atoms with van der Waals surface area (Å²) in [5.41, 5.74) is 9.57. The number of alkyl carbamates (subject to hydrolysis) is 2. The van der Waals surface area contributed by atoms with Gasteiger partial charge < -0.3 is 31.6 Å². The summed E-state index contributed by atoms with van der Waals surface area (Å²) in [6, 6.07) is 0. The van der Waals surface area contributed by atoms with Crippen LogP contribution in [0.2, 0.25) is 0 Å². The maximum atomic E-state index is 11.7. The minimum Gasteiger partial charge on any atom is -0.450 e. The smallest absolute Gasteiger partial charge is 0.407 e. The summed E-state index contributed by atoms with van der Waals surface area (Å²) in [5.74, 6) is 0. The minimum absolute atomic E-state index is 0.285. The summed E-state index contributed by atoms with van der Waals surface area (Å²) in [6.07, 6.45) is 0.748. The summed E-state index contributed by atoms with van der Waals surface area (Å²) >= 11 is 0. The summed E-state index contributed by atoms with van der Waals surface area (Å²) in [6.45, 7) is 8.96. The van der Waals surface area contributed by atoms with Crippen LogP contribution in [0.5, 0.6) is 0 Å². The SMILES string of the molecule is CC(C)(CC(C)(C)NC(=O)OCCCN)NC(=O)OCCCN. The van der Waals surface area contributed by atoms with Crippen molar-refractivity contribution in [2.24, 2.45) is 11.5 Å². The minimum atomic E-state index is -0.562. The lowest BCUT2D eigenvalue weighted by Gasteiger charge is -2.35. The Hall–Kier alpha value is -1.54. The molecule has 0 atom stereocenters. The zero-order valence-corrected chi connectivity index (χ0v) is 14.7. The van der Waals surface area contributed by atoms with Crippen LogP contribution in [0.25, 0.3) is 0 Å². The van der Waals surface area contributed by atoms with E-state index >= 15 is 0 Å². The lowest BCUT2D eigenvalue weighted by Crippen LogP contribution is -2.53. The lowest BCUT2D eigenvalue weighted by molar-refractivity contribution is 0.121. The lowest BCUT2D eigenvalue weighted by atomic mass is 9.87. The van der Waals surface area contributed by atoms with Crippen molar-refractivity contribution in [1.82, 2.24) is 10.6 Å². The van der Waals surface area contributed by atoms with Crippen molar-refractivity contribution in [2.75, 3.05) is 26.3 Å². The van der Waals surface area contributed by atoms with Gasteiger partial charge in [0.15, 0.2) is 0 Å². The molecule has 23 heavy (non-hydrogen) atoms. The molecule has 0 fully saturated rings. The van der Waals surface area contributed by atoms with Crippen LogP contribution in [0.4, 0.5) is 9.59 Å². The number of hydrogen-bond donors (Lipinski definition) is 4. The van der Waals surface area contributed by atoms with Gasteiger partial charge in [-0.3, -0.25) is 0 Å². The van der Waals surface area contributed by atoms with Crippen LogP contribution in [-0.2, 0) is 9.47 Å². The van der Waals surface area contributed by atoms with Crippen LogP contribution in [0.3, 0.4) is 0 Å². The first-order valence-corrected chi connectivity index (χ1v) is 7.92. The molecule has 0 aromatic carbocycles. The Morgan fingerprint density at radius 1 is 0.826 bits per heavy atom. The molecule has 0 heterocycles. The Morgan fingerprint density at radius 2 is 1.17 bits per heavy atom. The summed E-state index contributed by atoms with van der Waals surface area (Å²) in [5, 5.41) is 5.57. The van der Waals surface area contributed by atoms with E-state index in [4.69, 9.17) is 20.9 Å². The zero-order chi connectivity index (χ0) is 17.9. The van der Waals surface area contributed by atoms with Gasteiger partial charge in [0.05, 0.1) is 13.2 Å². The van der Waals surface area contributed by atoms with Crippen molar-refractivity contribution in [1.29, 1.82) is 0 Å². The molecule has 0 saturated heterocycles. The molecule has 2 amide bonds. The van der Waals surface area contributed by atoms with E-state index in [1.54, 1.807) is 0 Å². The van der Waals surface area contributed by atoms with E-state index in [9.17, 15) is 9.59 Å². The van der Waals surface area contributed by atoms with Crippen molar-refractivity contribution in [3.8, 4) is 0 Å².